The monoisotopic (exact) mass is 187 g/mol. The molecular weight excluding hydrogens is 178 g/mol. The van der Waals surface area contributed by atoms with Crippen LogP contribution in [-0.2, 0) is 0 Å². The molecule has 0 unspecified atom stereocenters. The Hall–Kier alpha value is -0.350. The number of thioether (sulfide) groups is 1. The molecular formula is C7H9NOS2. The highest BCUT2D eigenvalue weighted by molar-refractivity contribution is 8.19. The van der Waals surface area contributed by atoms with Gasteiger partial charge in [-0.1, -0.05) is 24.7 Å². The second kappa shape index (κ2) is 3.36. The molecule has 1 amide bonds. The van der Waals surface area contributed by atoms with Gasteiger partial charge in [0.05, 0.1) is 4.91 Å². The van der Waals surface area contributed by atoms with Gasteiger partial charge < -0.3 is 5.32 Å². The van der Waals surface area contributed by atoms with Crippen LogP contribution in [0.1, 0.15) is 20.3 Å². The van der Waals surface area contributed by atoms with Crippen LogP contribution < -0.4 is 5.32 Å². The van der Waals surface area contributed by atoms with E-state index in [9.17, 15) is 4.79 Å². The van der Waals surface area contributed by atoms with Gasteiger partial charge >= 0.3 is 0 Å². The first kappa shape index (κ1) is 8.74. The van der Waals surface area contributed by atoms with Crippen LogP contribution in [0.2, 0.25) is 0 Å². The lowest BCUT2D eigenvalue weighted by atomic mass is 10.2. The molecule has 0 aromatic heterocycles. The van der Waals surface area contributed by atoms with Gasteiger partial charge in [0, 0.05) is 0 Å². The highest BCUT2D eigenvalue weighted by atomic mass is 32.2. The van der Waals surface area contributed by atoms with Gasteiger partial charge in [-0.05, 0) is 25.1 Å². The van der Waals surface area contributed by atoms with Crippen LogP contribution in [0.4, 0.5) is 4.79 Å². The predicted octanol–water partition coefficient (Wildman–Crippen LogP) is 2.45. The first-order valence-electron chi connectivity index (χ1n) is 3.38. The van der Waals surface area contributed by atoms with Crippen molar-refractivity contribution in [2.45, 2.75) is 20.3 Å². The molecule has 2 nitrogen and oxygen atoms in total. The van der Waals surface area contributed by atoms with Crippen molar-refractivity contribution in [3.05, 3.63) is 10.5 Å². The Kier molecular flexibility index (Phi) is 2.67. The van der Waals surface area contributed by atoms with Gasteiger partial charge in [-0.3, -0.25) is 4.79 Å². The first-order chi connectivity index (χ1) is 5.15. The first-order valence-corrected chi connectivity index (χ1v) is 4.60. The molecule has 0 bridgehead atoms. The second-order valence-electron chi connectivity index (χ2n) is 2.31. The van der Waals surface area contributed by atoms with Crippen molar-refractivity contribution in [1.82, 2.24) is 5.32 Å². The summed E-state index contributed by atoms with van der Waals surface area (Å²) < 4.78 is 0. The van der Waals surface area contributed by atoms with E-state index in [1.165, 1.54) is 17.3 Å². The quantitative estimate of drug-likeness (QED) is 0.505. The van der Waals surface area contributed by atoms with Crippen LogP contribution in [0.25, 0.3) is 0 Å². The molecule has 0 saturated carbocycles. The maximum Gasteiger partial charge on any atom is 0.289 e. The summed E-state index contributed by atoms with van der Waals surface area (Å²) in [6.45, 7) is 4.04. The highest BCUT2D eigenvalue weighted by Gasteiger charge is 2.22. The molecule has 0 spiro atoms. The van der Waals surface area contributed by atoms with Crippen LogP contribution in [0.15, 0.2) is 10.5 Å². The molecule has 0 aromatic carbocycles. The zero-order valence-corrected chi connectivity index (χ0v) is 8.06. The zero-order valence-electron chi connectivity index (χ0n) is 6.43. The molecule has 4 heteroatoms. The van der Waals surface area contributed by atoms with E-state index in [4.69, 9.17) is 12.2 Å². The minimum atomic E-state index is -0.0576. The normalized spacial score (nSPS) is 22.0. The van der Waals surface area contributed by atoms with Crippen molar-refractivity contribution in [1.29, 1.82) is 0 Å². The largest absolute Gasteiger partial charge is 0.307 e. The third kappa shape index (κ3) is 1.81. The summed E-state index contributed by atoms with van der Waals surface area (Å²) >= 11 is 6.14. The number of allylic oxidation sites excluding steroid dienone is 1. The van der Waals surface area contributed by atoms with Gasteiger partial charge in [0.25, 0.3) is 5.24 Å². The number of amides is 1. The molecule has 1 fully saturated rings. The molecule has 11 heavy (non-hydrogen) atoms. The number of rotatable bonds is 1. The van der Waals surface area contributed by atoms with E-state index in [-0.39, 0.29) is 5.24 Å². The van der Waals surface area contributed by atoms with Gasteiger partial charge in [0.1, 0.15) is 4.99 Å². The lowest BCUT2D eigenvalue weighted by molar-refractivity contribution is 0.265. The van der Waals surface area contributed by atoms with Crippen molar-refractivity contribution >= 4 is 34.2 Å². The molecule has 1 saturated heterocycles. The Morgan fingerprint density at radius 2 is 2.36 bits per heavy atom. The fourth-order valence-electron chi connectivity index (χ4n) is 0.756. The average molecular weight is 187 g/mol. The minimum Gasteiger partial charge on any atom is -0.307 e. The molecule has 1 rings (SSSR count). The molecule has 0 aromatic rings. The van der Waals surface area contributed by atoms with Crippen LogP contribution in [0.5, 0.6) is 0 Å². The maximum absolute atomic E-state index is 10.8. The fraction of sp³-hybridized carbons (Fsp3) is 0.429. The summed E-state index contributed by atoms with van der Waals surface area (Å²) in [7, 11) is 0. The fourth-order valence-corrected chi connectivity index (χ4v) is 2.01. The van der Waals surface area contributed by atoms with Gasteiger partial charge in [-0.15, -0.1) is 0 Å². The van der Waals surface area contributed by atoms with Crippen molar-refractivity contribution in [3.8, 4) is 0 Å². The van der Waals surface area contributed by atoms with E-state index in [1.54, 1.807) is 0 Å². The van der Waals surface area contributed by atoms with Crippen LogP contribution in [0, 0.1) is 0 Å². The third-order valence-electron chi connectivity index (χ3n) is 1.53. The van der Waals surface area contributed by atoms with Crippen molar-refractivity contribution in [2.75, 3.05) is 0 Å². The number of carbonyl (C=O) groups excluding carboxylic acids is 1. The Labute approximate surface area is 75.4 Å². The molecule has 1 aliphatic rings. The SMILES string of the molecule is CC/C(C)=C1\SC(=O)NC1=S. The maximum atomic E-state index is 10.8. The summed E-state index contributed by atoms with van der Waals surface area (Å²) in [5.41, 5.74) is 1.18. The summed E-state index contributed by atoms with van der Waals surface area (Å²) in [5.74, 6) is 0. The van der Waals surface area contributed by atoms with Crippen LogP contribution >= 0.6 is 24.0 Å². The third-order valence-corrected chi connectivity index (χ3v) is 3.01. The van der Waals surface area contributed by atoms with Crippen molar-refractivity contribution < 1.29 is 4.79 Å². The summed E-state index contributed by atoms with van der Waals surface area (Å²) in [5, 5.41) is 2.52. The zero-order chi connectivity index (χ0) is 8.43. The van der Waals surface area contributed by atoms with E-state index in [0.717, 1.165) is 11.3 Å². The van der Waals surface area contributed by atoms with E-state index >= 15 is 0 Å². The highest BCUT2D eigenvalue weighted by Crippen LogP contribution is 2.28. The van der Waals surface area contributed by atoms with E-state index in [0.29, 0.717) is 4.99 Å². The number of nitrogens with one attached hydrogen (secondary N) is 1. The molecule has 1 N–H and O–H groups in total. The van der Waals surface area contributed by atoms with Gasteiger partial charge in [-0.25, -0.2) is 0 Å². The summed E-state index contributed by atoms with van der Waals surface area (Å²) in [4.78, 5) is 12.3. The van der Waals surface area contributed by atoms with Crippen LogP contribution in [0.3, 0.4) is 0 Å². The average Bonchev–Trinajstić information content (AvgIpc) is 2.28. The Morgan fingerprint density at radius 3 is 2.73 bits per heavy atom. The molecule has 0 atom stereocenters. The molecule has 1 heterocycles. The van der Waals surface area contributed by atoms with E-state index in [1.807, 2.05) is 13.8 Å². The minimum absolute atomic E-state index is 0.0576. The number of thiocarbonyl (C=S) groups is 1. The van der Waals surface area contributed by atoms with Crippen molar-refractivity contribution in [2.24, 2.45) is 0 Å². The van der Waals surface area contributed by atoms with Crippen LogP contribution in [-0.4, -0.2) is 10.2 Å². The van der Waals surface area contributed by atoms with Gasteiger partial charge in [0.15, 0.2) is 0 Å². The summed E-state index contributed by atoms with van der Waals surface area (Å²) in [6, 6.07) is 0. The smallest absolute Gasteiger partial charge is 0.289 e. The predicted molar refractivity (Wildman–Crippen MR) is 51.7 cm³/mol. The Balaban J connectivity index is 2.90. The molecule has 1 aliphatic heterocycles. The molecule has 0 aliphatic carbocycles. The van der Waals surface area contributed by atoms with E-state index in [2.05, 4.69) is 5.32 Å². The van der Waals surface area contributed by atoms with Gasteiger partial charge in [-0.2, -0.15) is 0 Å². The lowest BCUT2D eigenvalue weighted by Crippen LogP contribution is -2.16. The van der Waals surface area contributed by atoms with Crippen molar-refractivity contribution in [3.63, 3.8) is 0 Å². The summed E-state index contributed by atoms with van der Waals surface area (Å²) in [6.07, 6.45) is 0.942. The lowest BCUT2D eigenvalue weighted by Gasteiger charge is -1.98. The number of carbonyl (C=O) groups is 1. The molecule has 0 radical (unpaired) electrons. The second-order valence-corrected chi connectivity index (χ2v) is 3.70. The van der Waals surface area contributed by atoms with E-state index < -0.39 is 0 Å². The standard InChI is InChI=1S/C7H9NOS2/c1-3-4(2)5-6(10)8-7(9)11-5/h3H2,1-2H3,(H,8,9,10)/b5-4-. The number of hydrogen-bond acceptors (Lipinski definition) is 3. The Morgan fingerprint density at radius 1 is 1.73 bits per heavy atom. The van der Waals surface area contributed by atoms with Gasteiger partial charge in [0.2, 0.25) is 0 Å². The number of hydrogen-bond donors (Lipinski definition) is 1. The topological polar surface area (TPSA) is 29.1 Å². The molecule has 60 valence electrons. The Bertz CT molecular complexity index is 245.